The van der Waals surface area contributed by atoms with Crippen molar-refractivity contribution in [2.24, 2.45) is 34.4 Å². The van der Waals surface area contributed by atoms with E-state index in [0.717, 1.165) is 39.8 Å². The molecule has 42 nitrogen and oxygen atoms in total. The van der Waals surface area contributed by atoms with Crippen molar-refractivity contribution in [1.82, 2.24) is 0 Å². The lowest BCUT2D eigenvalue weighted by atomic mass is 9.84. The van der Waals surface area contributed by atoms with Crippen LogP contribution in [-0.4, -0.2) is 295 Å². The van der Waals surface area contributed by atoms with Gasteiger partial charge in [-0.1, -0.05) is 0 Å². The summed E-state index contributed by atoms with van der Waals surface area (Å²) in [6.45, 7) is -1.48. The van der Waals surface area contributed by atoms with Gasteiger partial charge in [-0.05, 0) is 176 Å². The number of nitrogens with zero attached hydrogens (tertiary/aromatic N) is 7. The number of carbonyl (C=O) groups is 8. The van der Waals surface area contributed by atoms with Crippen molar-refractivity contribution in [2.45, 2.75) is 129 Å². The van der Waals surface area contributed by atoms with Gasteiger partial charge in [0.15, 0.2) is 49.4 Å². The van der Waals surface area contributed by atoms with Crippen LogP contribution in [0.25, 0.3) is 0 Å². The van der Waals surface area contributed by atoms with Crippen LogP contribution in [0.2, 0.25) is 0 Å². The maximum Gasteiger partial charge on any atom is 0.490 e. The molecule has 0 spiro atoms. The quantitative estimate of drug-likeness (QED) is 0.0183. The smallest absolute Gasteiger partial charge is 0.475 e. The van der Waals surface area contributed by atoms with E-state index in [2.05, 4.69) is 37.2 Å². The molecule has 3 aliphatic heterocycles. The Morgan fingerprint density at radius 3 is 0.925 bits per heavy atom. The minimum absolute atomic E-state index is 0.215. The average molecular weight is 1860 g/mol. The van der Waals surface area contributed by atoms with Crippen LogP contribution in [0.15, 0.2) is 170 Å². The molecule has 7 aromatic carbocycles. The molecule has 0 unspecified atom stereocenters. The van der Waals surface area contributed by atoms with Gasteiger partial charge >= 0.3 is 54.8 Å². The number of alkyl halides is 3. The summed E-state index contributed by atoms with van der Waals surface area (Å²) in [5, 5.41) is 26.7. The number of ether oxygens (including phenoxy) is 13. The van der Waals surface area contributed by atoms with Crippen molar-refractivity contribution < 1.29 is 118 Å². The molecule has 45 heteroatoms. The molecule has 19 atom stereocenters. The van der Waals surface area contributed by atoms with Gasteiger partial charge in [0.1, 0.15) is 49.3 Å². The number of benzene rings is 7. The Morgan fingerprint density at radius 1 is 0.346 bits per heavy atom. The minimum atomic E-state index is -5.08. The van der Waals surface area contributed by atoms with E-state index in [1.54, 1.807) is 158 Å². The van der Waals surface area contributed by atoms with Crippen molar-refractivity contribution in [1.29, 1.82) is 0 Å². The number of hydrogen-bond acceptors (Lipinski definition) is 34. The van der Waals surface area contributed by atoms with Gasteiger partial charge < -0.3 is 141 Å². The zero-order chi connectivity index (χ0) is 97.0. The fourth-order valence-corrected chi connectivity index (χ4v) is 14.4. The first-order valence-corrected chi connectivity index (χ1v) is 41.9. The Kier molecular flexibility index (Phi) is 35.3. The number of hydrogen-bond donors (Lipinski definition) is 14. The number of carboxylic acids is 1. The lowest BCUT2D eigenvalue weighted by molar-refractivity contribution is -0.305. The second-order valence-electron chi connectivity index (χ2n) is 32.8. The number of amides is 7. The van der Waals surface area contributed by atoms with Crippen molar-refractivity contribution in [2.75, 3.05) is 190 Å². The Hall–Kier alpha value is -13.4. The summed E-state index contributed by atoms with van der Waals surface area (Å²) in [7, 11) is 25.9. The molecule has 1 saturated carbocycles. The molecule has 722 valence electrons. The number of carboxylic acid groups (broad SMARTS) is 1. The topological polar surface area (TPSA) is 540 Å². The van der Waals surface area contributed by atoms with Gasteiger partial charge in [0.25, 0.3) is 0 Å². The molecule has 133 heavy (non-hydrogen) atoms. The van der Waals surface area contributed by atoms with Crippen LogP contribution < -0.4 is 106 Å². The molecule has 11 rings (SSSR count). The third kappa shape index (κ3) is 28.3. The van der Waals surface area contributed by atoms with Crippen LogP contribution >= 0.6 is 0 Å². The number of nitrogens with one attached hydrogen (secondary N) is 7. The maximum atomic E-state index is 15.2. The van der Waals surface area contributed by atoms with E-state index in [4.69, 9.17) is 106 Å². The highest BCUT2D eigenvalue weighted by Gasteiger charge is 2.59. The summed E-state index contributed by atoms with van der Waals surface area (Å²) in [5.41, 5.74) is 49.4. The zero-order valence-corrected chi connectivity index (χ0v) is 75.7. The molecule has 3 heterocycles. The number of aliphatic carboxylic acids is 1. The summed E-state index contributed by atoms with van der Waals surface area (Å²) in [6, 6.07) is 42.0. The molecular weight excluding hydrogens is 1750 g/mol. The number of nitrogens with two attached hydrogens (primary N) is 6. The van der Waals surface area contributed by atoms with Gasteiger partial charge in [-0.15, -0.1) is 0 Å². The summed E-state index contributed by atoms with van der Waals surface area (Å²) < 4.78 is 117. The van der Waals surface area contributed by atoms with E-state index in [1.165, 1.54) is 0 Å². The average Bonchev–Trinajstić information content (AvgIpc) is 1.64. The molecule has 0 aromatic heterocycles. The van der Waals surface area contributed by atoms with Gasteiger partial charge in [-0.25, -0.2) is 38.4 Å². The SMILES string of the molecule is CN(C)c1ccc(NC[C@@H]2O[C@H](O[C@H]3[C@@H](OC(=O)Nc4ccc(N(C)C)cc4)[C@@H](O[C@@H]4[C@@H](OC(=O)Nc5ccc(N(C)C)cc5)[C@H](N)C[C@H](N)[C@H]4O[C@@H]4O[C@H](CN)[C@@H](OC(=O)Nc5ccc(N(C)C)cc5)[C@H](OC(=O)Nc5ccc(N(C)C)cc5)[C@H]4N)O[C@@H]3COC(=O)Nc3ccc(N(C)C)cc3)[C@H](N)[C@@H](OC(=O)Nc3ccc(N(C)C)cc3)[C@@H]2OC(N)=O)cc1.O=C(O)C(F)(F)F. The lowest BCUT2D eigenvalue weighted by Gasteiger charge is -2.48. The van der Waals surface area contributed by atoms with E-state index < -0.39 is 184 Å². The summed E-state index contributed by atoms with van der Waals surface area (Å²) >= 11 is 0. The standard InChI is InChI=1S/C86H116N20O20.C2HF3O2/c1-100(2)54-29-15-47(16-30-54)93-45-64-71(121-80(92)107)74(125-85(112)98-52-25-39-59(40-26-52)105(11)12)67(91)78(116-64)119-72-65(46-114-81(108)94-48-17-31-55(32-18-48)101(3)4)117-79(76(72)126-86(113)99-53-27-41-60(42-28-53)106(13)14)120-75-68(61(88)43-62(89)69(75)122-82(109)95-49-19-33-56(34-20-49)102(5)6)118-77-66(90)73(124-84(111)97-51-23-37-58(38-24-51)104(9)10)70(63(44-87)115-77)123-83(110)96-50-21-35-57(36-22-50)103(7)8;3-2(4,5)1(6)7/h15-42,61-79,93H,43-46,87-91H2,1-14H3,(H2,92,107)(H,94,108)(H,95,109)(H,96,110)(H,97,111)(H,98,112)(H,99,113);(H,6,7)/t61-,62+,63+,64-,65+,66+,67+,68+,69-,70+,71+,72+,73+,74+,75-,76+,77-,78+,79+;/m0./s1. The van der Waals surface area contributed by atoms with Crippen molar-refractivity contribution in [3.8, 4) is 0 Å². The molecule has 20 N–H and O–H groups in total. The summed E-state index contributed by atoms with van der Waals surface area (Å²) in [6.07, 6.45) is -38.8. The molecule has 7 amide bonds. The fraction of sp³-hybridized carbons (Fsp3) is 0.432. The van der Waals surface area contributed by atoms with Crippen molar-refractivity contribution in [3.05, 3.63) is 170 Å². The van der Waals surface area contributed by atoms with E-state index in [0.29, 0.717) is 22.7 Å². The Labute approximate surface area is 766 Å². The lowest BCUT2D eigenvalue weighted by Crippen LogP contribution is -2.69. The monoisotopic (exact) mass is 1860 g/mol. The zero-order valence-electron chi connectivity index (χ0n) is 75.7. The third-order valence-corrected chi connectivity index (χ3v) is 21.6. The third-order valence-electron chi connectivity index (χ3n) is 21.6. The number of halogens is 3. The first-order valence-electron chi connectivity index (χ1n) is 41.9. The van der Waals surface area contributed by atoms with Gasteiger partial charge in [-0.3, -0.25) is 31.9 Å². The van der Waals surface area contributed by atoms with E-state index in [-0.39, 0.29) is 30.0 Å². The van der Waals surface area contributed by atoms with E-state index in [1.807, 2.05) is 145 Å². The molecular formula is C88H117F3N20O22. The highest BCUT2D eigenvalue weighted by atomic mass is 19.4. The van der Waals surface area contributed by atoms with E-state index in [9.17, 15) is 41.9 Å². The molecule has 4 aliphatic rings. The first kappa shape index (κ1) is 102. The molecule has 7 aromatic rings. The van der Waals surface area contributed by atoms with Gasteiger partial charge in [0.05, 0.1) is 12.1 Å². The molecule has 1 aliphatic carbocycles. The Morgan fingerprint density at radius 2 is 0.609 bits per heavy atom. The number of carbonyl (C=O) groups excluding carboxylic acids is 7. The van der Waals surface area contributed by atoms with Crippen LogP contribution in [0.5, 0.6) is 0 Å². The summed E-state index contributed by atoms with van der Waals surface area (Å²) in [5.74, 6) is -2.76. The molecule has 0 radical (unpaired) electrons. The second-order valence-corrected chi connectivity index (χ2v) is 32.8. The predicted molar refractivity (Wildman–Crippen MR) is 493 cm³/mol. The van der Waals surface area contributed by atoms with Gasteiger partial charge in [0.2, 0.25) is 0 Å². The molecule has 0 bridgehead atoms. The highest BCUT2D eigenvalue weighted by molar-refractivity contribution is 5.89. The maximum absolute atomic E-state index is 15.2. The number of anilines is 14. The van der Waals surface area contributed by atoms with Crippen LogP contribution in [0.4, 0.5) is 126 Å². The van der Waals surface area contributed by atoms with Crippen LogP contribution in [0, 0.1) is 0 Å². The van der Waals surface area contributed by atoms with Crippen molar-refractivity contribution in [3.63, 3.8) is 0 Å². The highest BCUT2D eigenvalue weighted by Crippen LogP contribution is 2.40. The Balaban J connectivity index is 0.00000251. The predicted octanol–water partition coefficient (Wildman–Crippen LogP) is 7.99. The van der Waals surface area contributed by atoms with Crippen LogP contribution in [-0.2, 0) is 66.4 Å². The van der Waals surface area contributed by atoms with Crippen molar-refractivity contribution >= 4 is 128 Å². The van der Waals surface area contributed by atoms with Gasteiger partial charge in [0, 0.05) is 203 Å². The number of primary amides is 1. The normalized spacial score (nSPS) is 24.2. The first-order chi connectivity index (χ1) is 63.0. The van der Waals surface area contributed by atoms with Crippen LogP contribution in [0.1, 0.15) is 6.42 Å². The summed E-state index contributed by atoms with van der Waals surface area (Å²) in [4.78, 5) is 123. The largest absolute Gasteiger partial charge is 0.490 e. The number of rotatable bonds is 31. The fourth-order valence-electron chi connectivity index (χ4n) is 14.4. The second kappa shape index (κ2) is 46.1. The minimum Gasteiger partial charge on any atom is -0.475 e. The Bertz CT molecular complexity index is 4990. The molecule has 3 saturated heterocycles. The van der Waals surface area contributed by atoms with Gasteiger partial charge in [-0.2, -0.15) is 13.2 Å². The van der Waals surface area contributed by atoms with E-state index >= 15 is 4.79 Å². The molecule has 4 fully saturated rings. The van der Waals surface area contributed by atoms with Crippen LogP contribution in [0.3, 0.4) is 0 Å².